The van der Waals surface area contributed by atoms with Crippen LogP contribution in [0, 0.1) is 0 Å². The maximum Gasteiger partial charge on any atom is 0.176 e. The second kappa shape index (κ2) is 5.30. The SMILES string of the molecule is c1ncc(-c2nc(N3CCOCC3)c3scnc3n2)cn1. The Bertz CT molecular complexity index is 756. The number of aromatic nitrogens is 5. The van der Waals surface area contributed by atoms with Gasteiger partial charge < -0.3 is 9.64 Å². The normalized spacial score (nSPS) is 15.5. The number of hydrogen-bond donors (Lipinski definition) is 0. The molecular weight excluding hydrogens is 288 g/mol. The number of hydrogen-bond acceptors (Lipinski definition) is 8. The fourth-order valence-corrected chi connectivity index (χ4v) is 3.02. The number of nitrogens with zero attached hydrogens (tertiary/aromatic N) is 6. The second-order valence-electron chi connectivity index (χ2n) is 4.60. The Morgan fingerprint density at radius 1 is 1.10 bits per heavy atom. The van der Waals surface area contributed by atoms with Gasteiger partial charge in [-0.2, -0.15) is 0 Å². The quantitative estimate of drug-likeness (QED) is 0.707. The lowest BCUT2D eigenvalue weighted by molar-refractivity contribution is 0.122. The second-order valence-corrected chi connectivity index (χ2v) is 5.46. The zero-order valence-electron chi connectivity index (χ0n) is 11.1. The fourth-order valence-electron chi connectivity index (χ4n) is 2.28. The van der Waals surface area contributed by atoms with Crippen molar-refractivity contribution in [3.63, 3.8) is 0 Å². The molecule has 3 aromatic heterocycles. The third-order valence-electron chi connectivity index (χ3n) is 3.30. The number of anilines is 1. The first-order chi connectivity index (χ1) is 10.4. The van der Waals surface area contributed by atoms with Gasteiger partial charge in [0.25, 0.3) is 0 Å². The van der Waals surface area contributed by atoms with E-state index < -0.39 is 0 Å². The van der Waals surface area contributed by atoms with E-state index >= 15 is 0 Å². The molecule has 0 aromatic carbocycles. The van der Waals surface area contributed by atoms with Crippen molar-refractivity contribution in [3.05, 3.63) is 24.2 Å². The molecule has 1 saturated heterocycles. The summed E-state index contributed by atoms with van der Waals surface area (Å²) >= 11 is 1.56. The molecule has 4 heterocycles. The standard InChI is InChI=1S/C13H12N6OS/c1-3-20-4-2-19(1)13-10-12(16-8-21-10)17-11(18-13)9-5-14-7-15-6-9/h5-8H,1-4H2. The van der Waals surface area contributed by atoms with Gasteiger partial charge in [-0.25, -0.2) is 24.9 Å². The maximum atomic E-state index is 5.41. The average molecular weight is 300 g/mol. The molecule has 0 radical (unpaired) electrons. The Morgan fingerprint density at radius 2 is 1.90 bits per heavy atom. The molecule has 0 amide bonds. The molecule has 0 spiro atoms. The summed E-state index contributed by atoms with van der Waals surface area (Å²) in [6, 6.07) is 0. The lowest BCUT2D eigenvalue weighted by Crippen LogP contribution is -2.36. The Hall–Kier alpha value is -2.19. The van der Waals surface area contributed by atoms with Gasteiger partial charge in [-0.05, 0) is 0 Å². The Balaban J connectivity index is 1.86. The summed E-state index contributed by atoms with van der Waals surface area (Å²) in [5, 5.41) is 0. The van der Waals surface area contributed by atoms with Gasteiger partial charge in [-0.3, -0.25) is 0 Å². The molecule has 8 heteroatoms. The van der Waals surface area contributed by atoms with Gasteiger partial charge in [0, 0.05) is 25.5 Å². The molecule has 1 aliphatic rings. The summed E-state index contributed by atoms with van der Waals surface area (Å²) in [4.78, 5) is 23.8. The van der Waals surface area contributed by atoms with Crippen LogP contribution in [-0.2, 0) is 4.74 Å². The maximum absolute atomic E-state index is 5.41. The minimum Gasteiger partial charge on any atom is -0.378 e. The molecule has 0 bridgehead atoms. The van der Waals surface area contributed by atoms with Gasteiger partial charge in [0.05, 0.1) is 24.3 Å². The summed E-state index contributed by atoms with van der Waals surface area (Å²) in [6.07, 6.45) is 4.92. The minimum atomic E-state index is 0.607. The Morgan fingerprint density at radius 3 is 2.71 bits per heavy atom. The van der Waals surface area contributed by atoms with Crippen LogP contribution in [0.25, 0.3) is 21.7 Å². The molecule has 0 saturated carbocycles. The van der Waals surface area contributed by atoms with Crippen molar-refractivity contribution < 1.29 is 4.74 Å². The molecular formula is C13H12N6OS. The van der Waals surface area contributed by atoms with E-state index in [9.17, 15) is 0 Å². The van der Waals surface area contributed by atoms with Crippen molar-refractivity contribution in [1.29, 1.82) is 0 Å². The third kappa shape index (κ3) is 2.32. The van der Waals surface area contributed by atoms with Crippen molar-refractivity contribution in [3.8, 4) is 11.4 Å². The highest BCUT2D eigenvalue weighted by Gasteiger charge is 2.19. The number of thiazole rings is 1. The predicted molar refractivity (Wildman–Crippen MR) is 79.3 cm³/mol. The predicted octanol–water partition coefficient (Wildman–Crippen LogP) is 1.38. The first-order valence-electron chi connectivity index (χ1n) is 6.61. The van der Waals surface area contributed by atoms with Crippen LogP contribution in [0.4, 0.5) is 5.82 Å². The van der Waals surface area contributed by atoms with Gasteiger partial charge in [0.15, 0.2) is 17.3 Å². The summed E-state index contributed by atoms with van der Waals surface area (Å²) in [7, 11) is 0. The van der Waals surface area contributed by atoms with Crippen LogP contribution in [0.15, 0.2) is 24.2 Å². The largest absolute Gasteiger partial charge is 0.378 e. The molecule has 3 aromatic rings. The van der Waals surface area contributed by atoms with Crippen molar-refractivity contribution >= 4 is 27.5 Å². The first-order valence-corrected chi connectivity index (χ1v) is 7.49. The van der Waals surface area contributed by atoms with Crippen molar-refractivity contribution in [2.45, 2.75) is 0 Å². The molecule has 0 N–H and O–H groups in total. The molecule has 21 heavy (non-hydrogen) atoms. The zero-order valence-corrected chi connectivity index (χ0v) is 12.0. The molecule has 1 fully saturated rings. The van der Waals surface area contributed by atoms with Crippen LogP contribution in [0.3, 0.4) is 0 Å². The number of morpholine rings is 1. The third-order valence-corrected chi connectivity index (χ3v) is 4.12. The summed E-state index contributed by atoms with van der Waals surface area (Å²) in [5.74, 6) is 1.53. The molecule has 106 valence electrons. The van der Waals surface area contributed by atoms with E-state index in [-0.39, 0.29) is 0 Å². The monoisotopic (exact) mass is 300 g/mol. The van der Waals surface area contributed by atoms with Gasteiger partial charge in [0.1, 0.15) is 11.0 Å². The van der Waals surface area contributed by atoms with Gasteiger partial charge >= 0.3 is 0 Å². The van der Waals surface area contributed by atoms with Crippen LogP contribution in [0.5, 0.6) is 0 Å². The highest BCUT2D eigenvalue weighted by molar-refractivity contribution is 7.17. The molecule has 1 aliphatic heterocycles. The van der Waals surface area contributed by atoms with Gasteiger partial charge in [0.2, 0.25) is 0 Å². The van der Waals surface area contributed by atoms with Crippen LogP contribution in [0.1, 0.15) is 0 Å². The summed E-state index contributed by atoms with van der Waals surface area (Å²) in [6.45, 7) is 3.09. The van der Waals surface area contributed by atoms with Gasteiger partial charge in [-0.15, -0.1) is 11.3 Å². The molecule has 7 nitrogen and oxygen atoms in total. The average Bonchev–Trinajstić information content (AvgIpc) is 3.04. The van der Waals surface area contributed by atoms with Crippen molar-refractivity contribution in [1.82, 2.24) is 24.9 Å². The zero-order chi connectivity index (χ0) is 14.1. The van der Waals surface area contributed by atoms with E-state index in [1.807, 2.05) is 0 Å². The van der Waals surface area contributed by atoms with Crippen LogP contribution >= 0.6 is 11.3 Å². The Labute approximate surface area is 124 Å². The molecule has 0 aliphatic carbocycles. The van der Waals surface area contributed by atoms with E-state index in [0.717, 1.165) is 34.8 Å². The molecule has 0 atom stereocenters. The lowest BCUT2D eigenvalue weighted by atomic mass is 10.3. The molecule has 4 rings (SSSR count). The van der Waals surface area contributed by atoms with E-state index in [4.69, 9.17) is 9.72 Å². The lowest BCUT2D eigenvalue weighted by Gasteiger charge is -2.28. The van der Waals surface area contributed by atoms with Gasteiger partial charge in [-0.1, -0.05) is 0 Å². The summed E-state index contributed by atoms with van der Waals surface area (Å²) in [5.41, 5.74) is 3.31. The number of rotatable bonds is 2. The van der Waals surface area contributed by atoms with E-state index in [0.29, 0.717) is 19.0 Å². The summed E-state index contributed by atoms with van der Waals surface area (Å²) < 4.78 is 6.42. The smallest absolute Gasteiger partial charge is 0.176 e. The first kappa shape index (κ1) is 12.5. The highest BCUT2D eigenvalue weighted by Crippen LogP contribution is 2.29. The number of fused-ring (bicyclic) bond motifs is 1. The van der Waals surface area contributed by atoms with E-state index in [1.54, 1.807) is 29.2 Å². The van der Waals surface area contributed by atoms with Crippen LogP contribution in [0.2, 0.25) is 0 Å². The van der Waals surface area contributed by atoms with Crippen LogP contribution < -0.4 is 4.90 Å². The Kier molecular flexibility index (Phi) is 3.17. The minimum absolute atomic E-state index is 0.607. The number of ether oxygens (including phenoxy) is 1. The van der Waals surface area contributed by atoms with Crippen LogP contribution in [-0.4, -0.2) is 51.2 Å². The fraction of sp³-hybridized carbons (Fsp3) is 0.308. The van der Waals surface area contributed by atoms with Crippen molar-refractivity contribution in [2.24, 2.45) is 0 Å². The van der Waals surface area contributed by atoms with E-state index in [1.165, 1.54) is 6.33 Å². The molecule has 0 unspecified atom stereocenters. The topological polar surface area (TPSA) is 76.9 Å². The highest BCUT2D eigenvalue weighted by atomic mass is 32.1. The van der Waals surface area contributed by atoms with Crippen molar-refractivity contribution in [2.75, 3.05) is 31.2 Å². The van der Waals surface area contributed by atoms with E-state index in [2.05, 4.69) is 24.8 Å².